The summed E-state index contributed by atoms with van der Waals surface area (Å²) in [4.78, 5) is 27.7. The molecule has 33 heavy (non-hydrogen) atoms. The van der Waals surface area contributed by atoms with Crippen LogP contribution in [-0.2, 0) is 9.59 Å². The third kappa shape index (κ3) is 6.35. The largest absolute Gasteiger partial charge is 0.506 e. The van der Waals surface area contributed by atoms with Gasteiger partial charge in [0, 0.05) is 5.92 Å². The third-order valence-corrected chi connectivity index (χ3v) is 7.08. The molecule has 2 aromatic carbocycles. The fourth-order valence-electron chi connectivity index (χ4n) is 5.19. The van der Waals surface area contributed by atoms with E-state index in [-0.39, 0.29) is 29.5 Å². The molecule has 0 radical (unpaired) electrons. The summed E-state index contributed by atoms with van der Waals surface area (Å²) in [6.45, 7) is 1.79. The Morgan fingerprint density at radius 1 is 0.909 bits per heavy atom. The van der Waals surface area contributed by atoms with Gasteiger partial charge in [0.2, 0.25) is 11.8 Å². The molecule has 6 heteroatoms. The van der Waals surface area contributed by atoms with E-state index < -0.39 is 0 Å². The van der Waals surface area contributed by atoms with Gasteiger partial charge in [0.25, 0.3) is 0 Å². The molecule has 176 valence electrons. The van der Waals surface area contributed by atoms with Gasteiger partial charge in [-0.25, -0.2) is 0 Å². The fourth-order valence-corrected chi connectivity index (χ4v) is 5.19. The first-order valence-electron chi connectivity index (χ1n) is 12.3. The van der Waals surface area contributed by atoms with Gasteiger partial charge in [0.1, 0.15) is 5.75 Å². The zero-order chi connectivity index (χ0) is 23.0. The van der Waals surface area contributed by atoms with Crippen LogP contribution in [0, 0.1) is 11.8 Å². The second kappa shape index (κ2) is 11.3. The lowest BCUT2D eigenvalue weighted by molar-refractivity contribution is -0.124. The van der Waals surface area contributed by atoms with Gasteiger partial charge in [0.05, 0.1) is 18.3 Å². The van der Waals surface area contributed by atoms with Crippen molar-refractivity contribution in [2.45, 2.75) is 51.0 Å². The number of piperidine rings is 1. The average molecular weight is 450 g/mol. The number of hydrogen-bond donors (Lipinski definition) is 3. The summed E-state index contributed by atoms with van der Waals surface area (Å²) in [5.41, 5.74) is 1.64. The Kier molecular flexibility index (Phi) is 8.00. The average Bonchev–Trinajstić information content (AvgIpc) is 2.85. The number of benzene rings is 2. The summed E-state index contributed by atoms with van der Waals surface area (Å²) in [6, 6.07) is 17.2. The molecule has 2 fully saturated rings. The smallest absolute Gasteiger partial charge is 0.234 e. The molecular formula is C27H35N3O3. The summed E-state index contributed by atoms with van der Waals surface area (Å²) in [5.74, 6) is 0.455. The van der Waals surface area contributed by atoms with Crippen LogP contribution in [0.2, 0.25) is 0 Å². The lowest BCUT2D eigenvalue weighted by Crippen LogP contribution is -2.45. The minimum atomic E-state index is -0.108. The van der Waals surface area contributed by atoms with Crippen LogP contribution in [0.1, 0.15) is 56.6 Å². The topological polar surface area (TPSA) is 81.7 Å². The molecule has 1 aliphatic carbocycles. The summed E-state index contributed by atoms with van der Waals surface area (Å²) < 4.78 is 0. The monoisotopic (exact) mass is 449 g/mol. The molecule has 1 unspecified atom stereocenters. The molecule has 6 nitrogen and oxygen atoms in total. The Labute approximate surface area is 196 Å². The maximum absolute atomic E-state index is 13.0. The minimum absolute atomic E-state index is 0.0616. The van der Waals surface area contributed by atoms with Crippen molar-refractivity contribution < 1.29 is 14.7 Å². The van der Waals surface area contributed by atoms with E-state index >= 15 is 0 Å². The summed E-state index contributed by atoms with van der Waals surface area (Å²) >= 11 is 0. The number of carbonyl (C=O) groups is 2. The van der Waals surface area contributed by atoms with Gasteiger partial charge in [-0.3, -0.25) is 14.5 Å². The number of carbonyl (C=O) groups excluding carboxylic acids is 2. The quantitative estimate of drug-likeness (QED) is 0.545. The molecule has 0 aromatic heterocycles. The second-order valence-corrected chi connectivity index (χ2v) is 9.41. The van der Waals surface area contributed by atoms with E-state index in [2.05, 4.69) is 27.7 Å². The first-order valence-corrected chi connectivity index (χ1v) is 12.3. The standard InChI is InChI=1S/C27H35N3O3/c31-24-14-8-7-13-23(24)28-27(33)22-15-17-30(18-16-22)19-25(32)29-26(20-9-3-1-4-10-20)21-11-5-2-6-12-21/h1,3-4,7-10,13-14,21-22,26,31H,2,5-6,11-12,15-19H2,(H,28,33)(H,29,32). The number of nitrogens with zero attached hydrogens (tertiary/aromatic N) is 1. The van der Waals surface area contributed by atoms with Crippen molar-refractivity contribution in [1.82, 2.24) is 10.2 Å². The van der Waals surface area contributed by atoms with Crippen LogP contribution in [0.15, 0.2) is 54.6 Å². The number of hydrogen-bond acceptors (Lipinski definition) is 4. The number of nitrogens with one attached hydrogen (secondary N) is 2. The van der Waals surface area contributed by atoms with Crippen molar-refractivity contribution in [2.75, 3.05) is 25.0 Å². The van der Waals surface area contributed by atoms with Gasteiger partial charge in [-0.1, -0.05) is 61.7 Å². The molecule has 2 amide bonds. The maximum Gasteiger partial charge on any atom is 0.234 e. The number of likely N-dealkylation sites (tertiary alicyclic amines) is 1. The van der Waals surface area contributed by atoms with Gasteiger partial charge >= 0.3 is 0 Å². The van der Waals surface area contributed by atoms with E-state index in [9.17, 15) is 14.7 Å². The van der Waals surface area contributed by atoms with Gasteiger partial charge in [0.15, 0.2) is 0 Å². The Bertz CT molecular complexity index is 919. The van der Waals surface area contributed by atoms with E-state index in [0.717, 1.165) is 12.8 Å². The number of phenolic OH excluding ortho intramolecular Hbond substituents is 1. The maximum atomic E-state index is 13.0. The van der Waals surface area contributed by atoms with Gasteiger partial charge < -0.3 is 15.7 Å². The second-order valence-electron chi connectivity index (χ2n) is 9.41. The Hall–Kier alpha value is -2.86. The predicted octanol–water partition coefficient (Wildman–Crippen LogP) is 4.48. The number of phenols is 1. The first kappa shape index (κ1) is 23.3. The SMILES string of the molecule is O=C(CN1CCC(C(=O)Nc2ccccc2O)CC1)NC(c1ccccc1)C1CCCCC1. The molecule has 3 N–H and O–H groups in total. The van der Waals surface area contributed by atoms with Crippen LogP contribution in [0.4, 0.5) is 5.69 Å². The molecule has 2 aromatic rings. The van der Waals surface area contributed by atoms with E-state index in [1.54, 1.807) is 24.3 Å². The van der Waals surface area contributed by atoms with Gasteiger partial charge in [-0.05, 0) is 62.4 Å². The normalized spacial score (nSPS) is 19.0. The molecule has 1 atom stereocenters. The number of amides is 2. The lowest BCUT2D eigenvalue weighted by atomic mass is 9.81. The van der Waals surface area contributed by atoms with E-state index in [1.807, 2.05) is 18.2 Å². The summed E-state index contributed by atoms with van der Waals surface area (Å²) in [7, 11) is 0. The Morgan fingerprint density at radius 3 is 2.27 bits per heavy atom. The minimum Gasteiger partial charge on any atom is -0.506 e. The Morgan fingerprint density at radius 2 is 1.58 bits per heavy atom. The number of rotatable bonds is 7. The summed E-state index contributed by atoms with van der Waals surface area (Å²) in [5, 5.41) is 16.0. The predicted molar refractivity (Wildman–Crippen MR) is 130 cm³/mol. The number of anilines is 1. The van der Waals surface area contributed by atoms with Crippen molar-refractivity contribution in [3.63, 3.8) is 0 Å². The highest BCUT2D eigenvalue weighted by Crippen LogP contribution is 2.34. The van der Waals surface area contributed by atoms with Crippen LogP contribution in [0.25, 0.3) is 0 Å². The van der Waals surface area contributed by atoms with Crippen molar-refractivity contribution in [3.8, 4) is 5.75 Å². The highest BCUT2D eigenvalue weighted by atomic mass is 16.3. The molecule has 0 spiro atoms. The molecule has 1 aliphatic heterocycles. The van der Waals surface area contributed by atoms with E-state index in [1.165, 1.54) is 24.8 Å². The van der Waals surface area contributed by atoms with Crippen LogP contribution in [0.5, 0.6) is 5.75 Å². The van der Waals surface area contributed by atoms with Crippen molar-refractivity contribution in [3.05, 3.63) is 60.2 Å². The highest BCUT2D eigenvalue weighted by Gasteiger charge is 2.29. The number of para-hydroxylation sites is 2. The van der Waals surface area contributed by atoms with E-state index in [4.69, 9.17) is 0 Å². The van der Waals surface area contributed by atoms with Crippen LogP contribution >= 0.6 is 0 Å². The zero-order valence-corrected chi connectivity index (χ0v) is 19.2. The third-order valence-electron chi connectivity index (χ3n) is 7.08. The van der Waals surface area contributed by atoms with Crippen LogP contribution in [-0.4, -0.2) is 41.5 Å². The molecule has 0 bridgehead atoms. The van der Waals surface area contributed by atoms with Gasteiger partial charge in [-0.2, -0.15) is 0 Å². The fraction of sp³-hybridized carbons (Fsp3) is 0.481. The van der Waals surface area contributed by atoms with Crippen LogP contribution in [0.3, 0.4) is 0 Å². The highest BCUT2D eigenvalue weighted by molar-refractivity contribution is 5.93. The molecule has 1 heterocycles. The Balaban J connectivity index is 1.28. The summed E-state index contributed by atoms with van der Waals surface area (Å²) in [6.07, 6.45) is 7.50. The van der Waals surface area contributed by atoms with Crippen LogP contribution < -0.4 is 10.6 Å². The lowest BCUT2D eigenvalue weighted by Gasteiger charge is -2.34. The van der Waals surface area contributed by atoms with Gasteiger partial charge in [-0.15, -0.1) is 0 Å². The molecule has 2 aliphatic rings. The van der Waals surface area contributed by atoms with E-state index in [0.29, 0.717) is 44.1 Å². The molecule has 4 rings (SSSR count). The molecule has 1 saturated heterocycles. The zero-order valence-electron chi connectivity index (χ0n) is 19.2. The molecule has 1 saturated carbocycles. The molecular weight excluding hydrogens is 414 g/mol. The number of aromatic hydroxyl groups is 1. The van der Waals surface area contributed by atoms with Crippen molar-refractivity contribution in [2.24, 2.45) is 11.8 Å². The first-order chi connectivity index (χ1) is 16.1. The van der Waals surface area contributed by atoms with Crippen molar-refractivity contribution in [1.29, 1.82) is 0 Å². The van der Waals surface area contributed by atoms with Crippen molar-refractivity contribution >= 4 is 17.5 Å².